The van der Waals surface area contributed by atoms with Gasteiger partial charge in [0.2, 0.25) is 0 Å². The predicted molar refractivity (Wildman–Crippen MR) is 68.7 cm³/mol. The van der Waals surface area contributed by atoms with Crippen molar-refractivity contribution in [3.63, 3.8) is 0 Å². The van der Waals surface area contributed by atoms with Gasteiger partial charge in [-0.3, -0.25) is 0 Å². The molecule has 0 rings (SSSR count). The summed E-state index contributed by atoms with van der Waals surface area (Å²) in [5, 5.41) is 7.00. The Morgan fingerprint density at radius 3 is 2.13 bits per heavy atom. The summed E-state index contributed by atoms with van der Waals surface area (Å²) in [5.74, 6) is 0. The number of rotatable bonds is 4. The van der Waals surface area contributed by atoms with Gasteiger partial charge in [-0.05, 0) is 25.0 Å². The van der Waals surface area contributed by atoms with Crippen molar-refractivity contribution in [3.8, 4) is 0 Å². The second-order valence-electron chi connectivity index (χ2n) is 3.88. The summed E-state index contributed by atoms with van der Waals surface area (Å²) >= 11 is 0. The quantitative estimate of drug-likeness (QED) is 0.702. The largest absolute Gasteiger partial charge is 0.400 e. The molecule has 0 aliphatic heterocycles. The molecule has 0 aromatic heterocycles. The zero-order valence-electron chi connectivity index (χ0n) is 10.7. The summed E-state index contributed by atoms with van der Waals surface area (Å²) in [5.41, 5.74) is 8.32. The molecule has 3 N–H and O–H groups in total. The van der Waals surface area contributed by atoms with Crippen LogP contribution in [0.25, 0.3) is 0 Å². The SMILES string of the molecule is C=C/C=C(C)/C(=C\C)C(C)(C)CN.CO. The van der Waals surface area contributed by atoms with Crippen molar-refractivity contribution in [1.29, 1.82) is 0 Å². The standard InChI is InChI=1S/C12H21N.CH4O/c1-6-8-10(3)11(7-2)12(4,5)9-13;1-2/h6-8H,1,9,13H2,2-5H3;2H,1H3/b10-8+,11-7+;. The van der Waals surface area contributed by atoms with Crippen LogP contribution in [0, 0.1) is 5.41 Å². The number of allylic oxidation sites excluding steroid dienone is 4. The predicted octanol–water partition coefficient (Wildman–Crippen LogP) is 2.66. The Kier molecular flexibility index (Phi) is 9.33. The van der Waals surface area contributed by atoms with Crippen molar-refractivity contribution in [2.24, 2.45) is 11.1 Å². The van der Waals surface area contributed by atoms with Gasteiger partial charge in [-0.1, -0.05) is 38.7 Å². The van der Waals surface area contributed by atoms with Crippen molar-refractivity contribution in [1.82, 2.24) is 0 Å². The molecule has 0 saturated heterocycles. The van der Waals surface area contributed by atoms with Gasteiger partial charge in [-0.25, -0.2) is 0 Å². The first-order valence-corrected chi connectivity index (χ1v) is 5.11. The molecule has 0 unspecified atom stereocenters. The highest BCUT2D eigenvalue weighted by Crippen LogP contribution is 2.30. The highest BCUT2D eigenvalue weighted by molar-refractivity contribution is 5.36. The smallest absolute Gasteiger partial charge is 0.0319 e. The van der Waals surface area contributed by atoms with Crippen LogP contribution in [0.5, 0.6) is 0 Å². The zero-order chi connectivity index (χ0) is 12.5. The molecule has 15 heavy (non-hydrogen) atoms. The first-order valence-electron chi connectivity index (χ1n) is 5.11. The van der Waals surface area contributed by atoms with Crippen molar-refractivity contribution in [3.05, 3.63) is 36.0 Å². The molecular formula is C13H25NO. The number of hydrogen-bond donors (Lipinski definition) is 2. The Balaban J connectivity index is 0. The lowest BCUT2D eigenvalue weighted by atomic mass is 9.80. The minimum absolute atomic E-state index is 0.0539. The first kappa shape index (κ1) is 16.6. The summed E-state index contributed by atoms with van der Waals surface area (Å²) in [6.45, 7) is 12.8. The molecule has 0 spiro atoms. The van der Waals surface area contributed by atoms with Crippen molar-refractivity contribution < 1.29 is 5.11 Å². The molecule has 0 aromatic rings. The highest BCUT2D eigenvalue weighted by atomic mass is 16.2. The third-order valence-electron chi connectivity index (χ3n) is 2.32. The Morgan fingerprint density at radius 2 is 1.87 bits per heavy atom. The van der Waals surface area contributed by atoms with Gasteiger partial charge in [0, 0.05) is 19.1 Å². The molecule has 0 radical (unpaired) electrons. The van der Waals surface area contributed by atoms with E-state index in [1.807, 2.05) is 19.1 Å². The fourth-order valence-electron chi connectivity index (χ4n) is 1.53. The Bertz CT molecular complexity index is 237. The minimum Gasteiger partial charge on any atom is -0.400 e. The van der Waals surface area contributed by atoms with E-state index in [4.69, 9.17) is 10.8 Å². The number of hydrogen-bond acceptors (Lipinski definition) is 2. The normalized spacial score (nSPS) is 13.0. The number of aliphatic hydroxyl groups is 1. The fourth-order valence-corrected chi connectivity index (χ4v) is 1.53. The van der Waals surface area contributed by atoms with Gasteiger partial charge < -0.3 is 10.8 Å². The van der Waals surface area contributed by atoms with Crippen LogP contribution in [-0.2, 0) is 0 Å². The Labute approximate surface area is 94.2 Å². The van der Waals surface area contributed by atoms with Crippen molar-refractivity contribution in [2.45, 2.75) is 27.7 Å². The topological polar surface area (TPSA) is 46.2 Å². The molecule has 2 heteroatoms. The average Bonchev–Trinajstić information content (AvgIpc) is 2.22. The summed E-state index contributed by atoms with van der Waals surface area (Å²) in [7, 11) is 1.00. The van der Waals surface area contributed by atoms with Crippen molar-refractivity contribution >= 4 is 0 Å². The third-order valence-corrected chi connectivity index (χ3v) is 2.32. The molecule has 0 amide bonds. The molecule has 0 aliphatic rings. The van der Waals surface area contributed by atoms with Crippen LogP contribution in [0.15, 0.2) is 36.0 Å². The lowest BCUT2D eigenvalue weighted by molar-refractivity contribution is 0.399. The second kappa shape index (κ2) is 8.45. The molecule has 2 nitrogen and oxygen atoms in total. The van der Waals surface area contributed by atoms with Gasteiger partial charge in [-0.2, -0.15) is 0 Å². The van der Waals surface area contributed by atoms with Gasteiger partial charge in [0.1, 0.15) is 0 Å². The van der Waals surface area contributed by atoms with E-state index in [0.717, 1.165) is 7.11 Å². The van der Waals surface area contributed by atoms with Crippen LogP contribution in [0.2, 0.25) is 0 Å². The molecule has 0 fully saturated rings. The lowest BCUT2D eigenvalue weighted by Crippen LogP contribution is -2.26. The average molecular weight is 211 g/mol. The molecule has 88 valence electrons. The highest BCUT2D eigenvalue weighted by Gasteiger charge is 2.21. The van der Waals surface area contributed by atoms with Crippen LogP contribution in [-0.4, -0.2) is 18.8 Å². The van der Waals surface area contributed by atoms with E-state index in [0.29, 0.717) is 6.54 Å². The third kappa shape index (κ3) is 5.55. The van der Waals surface area contributed by atoms with Gasteiger partial charge in [0.15, 0.2) is 0 Å². The minimum atomic E-state index is 0.0539. The molecule has 0 bridgehead atoms. The van der Waals surface area contributed by atoms with Crippen LogP contribution in [0.3, 0.4) is 0 Å². The van der Waals surface area contributed by atoms with Gasteiger partial charge in [0.25, 0.3) is 0 Å². The molecule has 0 aromatic carbocycles. The Hall–Kier alpha value is -0.860. The van der Waals surface area contributed by atoms with E-state index in [1.54, 1.807) is 0 Å². The summed E-state index contributed by atoms with van der Waals surface area (Å²) < 4.78 is 0. The summed E-state index contributed by atoms with van der Waals surface area (Å²) in [4.78, 5) is 0. The van der Waals surface area contributed by atoms with Gasteiger partial charge in [0.05, 0.1) is 0 Å². The molecule has 0 atom stereocenters. The van der Waals surface area contributed by atoms with E-state index in [-0.39, 0.29) is 5.41 Å². The molecule has 0 aliphatic carbocycles. The number of nitrogens with two attached hydrogens (primary N) is 1. The lowest BCUT2D eigenvalue weighted by Gasteiger charge is -2.27. The second-order valence-corrected chi connectivity index (χ2v) is 3.88. The van der Waals surface area contributed by atoms with Crippen molar-refractivity contribution in [2.75, 3.05) is 13.7 Å². The molecule has 0 saturated carbocycles. The van der Waals surface area contributed by atoms with E-state index < -0.39 is 0 Å². The summed E-state index contributed by atoms with van der Waals surface area (Å²) in [6.07, 6.45) is 5.96. The molecule has 0 heterocycles. The van der Waals surface area contributed by atoms with Crippen LogP contribution in [0.4, 0.5) is 0 Å². The number of aliphatic hydroxyl groups excluding tert-OH is 1. The van der Waals surface area contributed by atoms with E-state index in [2.05, 4.69) is 33.4 Å². The molecular weight excluding hydrogens is 186 g/mol. The van der Waals surface area contributed by atoms with Crippen LogP contribution in [0.1, 0.15) is 27.7 Å². The maximum absolute atomic E-state index is 7.00. The summed E-state index contributed by atoms with van der Waals surface area (Å²) in [6, 6.07) is 0. The fraction of sp³-hybridized carbons (Fsp3) is 0.538. The Morgan fingerprint density at radius 1 is 1.40 bits per heavy atom. The van der Waals surface area contributed by atoms with E-state index in [1.165, 1.54) is 11.1 Å². The van der Waals surface area contributed by atoms with Gasteiger partial charge >= 0.3 is 0 Å². The van der Waals surface area contributed by atoms with E-state index in [9.17, 15) is 0 Å². The maximum atomic E-state index is 7.00. The van der Waals surface area contributed by atoms with E-state index >= 15 is 0 Å². The van der Waals surface area contributed by atoms with Crippen LogP contribution >= 0.6 is 0 Å². The van der Waals surface area contributed by atoms with Gasteiger partial charge in [-0.15, -0.1) is 0 Å². The first-order chi connectivity index (χ1) is 6.99. The monoisotopic (exact) mass is 211 g/mol. The van der Waals surface area contributed by atoms with Crippen LogP contribution < -0.4 is 5.73 Å². The zero-order valence-corrected chi connectivity index (χ0v) is 10.7. The maximum Gasteiger partial charge on any atom is 0.0319 e.